The van der Waals surface area contributed by atoms with Crippen molar-refractivity contribution in [2.45, 2.75) is 58.5 Å². The number of likely N-dealkylation sites (tertiary alicyclic amines) is 1. The molecule has 0 unspecified atom stereocenters. The highest BCUT2D eigenvalue weighted by Gasteiger charge is 2.20. The van der Waals surface area contributed by atoms with Crippen molar-refractivity contribution in [1.82, 2.24) is 24.6 Å². The predicted molar refractivity (Wildman–Crippen MR) is 136 cm³/mol. The second kappa shape index (κ2) is 9.87. The van der Waals surface area contributed by atoms with E-state index in [1.54, 1.807) is 0 Å². The first-order valence-corrected chi connectivity index (χ1v) is 12.4. The molecule has 1 N–H and O–H groups in total. The summed E-state index contributed by atoms with van der Waals surface area (Å²) < 4.78 is 2.26. The monoisotopic (exact) mass is 442 g/mol. The molecule has 172 valence electrons. The van der Waals surface area contributed by atoms with Gasteiger partial charge in [-0.25, -0.2) is 0 Å². The summed E-state index contributed by atoms with van der Waals surface area (Å²) in [5.41, 5.74) is 5.41. The molecule has 4 aromatic rings. The average molecular weight is 443 g/mol. The lowest BCUT2D eigenvalue weighted by Gasteiger charge is -2.35. The molecular weight excluding hydrogens is 408 g/mol. The molecule has 1 aliphatic heterocycles. The van der Waals surface area contributed by atoms with Crippen molar-refractivity contribution in [3.63, 3.8) is 0 Å². The number of hydrogen-bond donors (Lipinski definition) is 1. The number of nitrogens with one attached hydrogen (secondary N) is 1. The Morgan fingerprint density at radius 3 is 2.73 bits per heavy atom. The molecule has 1 fully saturated rings. The van der Waals surface area contributed by atoms with Crippen molar-refractivity contribution in [1.29, 1.82) is 0 Å². The van der Waals surface area contributed by atoms with E-state index in [2.05, 4.69) is 87.4 Å². The van der Waals surface area contributed by atoms with Gasteiger partial charge in [-0.2, -0.15) is 4.98 Å². The van der Waals surface area contributed by atoms with Crippen LogP contribution in [0.3, 0.4) is 0 Å². The zero-order chi connectivity index (χ0) is 22.6. The summed E-state index contributed by atoms with van der Waals surface area (Å²) in [5.74, 6) is 0.612. The van der Waals surface area contributed by atoms with Gasteiger partial charge in [0, 0.05) is 31.1 Å². The fraction of sp³-hybridized carbons (Fsp3) is 0.444. The Hall–Kier alpha value is -2.99. The lowest BCUT2D eigenvalue weighted by atomic mass is 10.00. The Morgan fingerprint density at radius 2 is 1.88 bits per heavy atom. The van der Waals surface area contributed by atoms with Crippen LogP contribution in [-0.4, -0.2) is 50.3 Å². The highest BCUT2D eigenvalue weighted by Crippen LogP contribution is 2.27. The second-order valence-electron chi connectivity index (χ2n) is 9.27. The van der Waals surface area contributed by atoms with Gasteiger partial charge in [0.1, 0.15) is 5.52 Å². The van der Waals surface area contributed by atoms with Crippen molar-refractivity contribution in [3.05, 3.63) is 59.7 Å². The van der Waals surface area contributed by atoms with Crippen LogP contribution in [0, 0.1) is 6.92 Å². The third-order valence-corrected chi connectivity index (χ3v) is 6.96. The molecule has 0 bridgehead atoms. The summed E-state index contributed by atoms with van der Waals surface area (Å²) in [6, 6.07) is 17.8. The molecule has 1 aliphatic rings. The number of para-hydroxylation sites is 1. The number of nitrogens with zero attached hydrogens (tertiary/aromatic N) is 5. The van der Waals surface area contributed by atoms with Crippen LogP contribution >= 0.6 is 0 Å². The smallest absolute Gasteiger partial charge is 0.244 e. The van der Waals surface area contributed by atoms with E-state index in [1.807, 2.05) is 0 Å². The van der Waals surface area contributed by atoms with Crippen molar-refractivity contribution in [3.8, 4) is 0 Å². The maximum absolute atomic E-state index is 4.91. The second-order valence-corrected chi connectivity index (χ2v) is 9.27. The highest BCUT2D eigenvalue weighted by molar-refractivity contribution is 6.04. The predicted octanol–water partition coefficient (Wildman–Crippen LogP) is 5.40. The summed E-state index contributed by atoms with van der Waals surface area (Å²) in [5, 5.41) is 13.5. The van der Waals surface area contributed by atoms with Crippen molar-refractivity contribution >= 4 is 28.0 Å². The van der Waals surface area contributed by atoms with E-state index >= 15 is 0 Å². The third-order valence-electron chi connectivity index (χ3n) is 6.96. The highest BCUT2D eigenvalue weighted by atomic mass is 15.3. The molecule has 5 rings (SSSR count). The van der Waals surface area contributed by atoms with E-state index in [0.717, 1.165) is 54.2 Å². The molecule has 6 nitrogen and oxygen atoms in total. The van der Waals surface area contributed by atoms with Gasteiger partial charge >= 0.3 is 0 Å². The van der Waals surface area contributed by atoms with E-state index < -0.39 is 0 Å². The van der Waals surface area contributed by atoms with Crippen molar-refractivity contribution in [2.75, 3.05) is 25.0 Å². The summed E-state index contributed by atoms with van der Waals surface area (Å²) in [4.78, 5) is 7.57. The molecule has 1 saturated heterocycles. The summed E-state index contributed by atoms with van der Waals surface area (Å²) in [6.07, 6.45) is 6.40. The Balaban J connectivity index is 1.34. The summed E-state index contributed by atoms with van der Waals surface area (Å²) >= 11 is 0. The molecule has 1 atom stereocenters. The lowest BCUT2D eigenvalue weighted by Crippen LogP contribution is -2.40. The van der Waals surface area contributed by atoms with Gasteiger partial charge in [-0.1, -0.05) is 61.4 Å². The number of anilines is 1. The fourth-order valence-electron chi connectivity index (χ4n) is 5.11. The molecule has 33 heavy (non-hydrogen) atoms. The minimum atomic E-state index is 0.612. The van der Waals surface area contributed by atoms with Crippen LogP contribution < -0.4 is 5.32 Å². The zero-order valence-electron chi connectivity index (χ0n) is 19.8. The van der Waals surface area contributed by atoms with Gasteiger partial charge < -0.3 is 14.8 Å². The van der Waals surface area contributed by atoms with Gasteiger partial charge in [0.15, 0.2) is 5.65 Å². The zero-order valence-corrected chi connectivity index (χ0v) is 19.8. The van der Waals surface area contributed by atoms with Gasteiger partial charge in [-0.05, 0) is 50.8 Å². The number of benzene rings is 2. The van der Waals surface area contributed by atoms with E-state index in [0.29, 0.717) is 5.95 Å². The van der Waals surface area contributed by atoms with E-state index in [4.69, 9.17) is 4.98 Å². The molecule has 0 aliphatic carbocycles. The van der Waals surface area contributed by atoms with E-state index in [1.165, 1.54) is 43.4 Å². The number of piperidine rings is 1. The van der Waals surface area contributed by atoms with Gasteiger partial charge in [0.2, 0.25) is 5.95 Å². The van der Waals surface area contributed by atoms with Crippen molar-refractivity contribution in [2.24, 2.45) is 0 Å². The molecular formula is C27H34N6. The van der Waals surface area contributed by atoms with Gasteiger partial charge in [0.05, 0.1) is 5.52 Å². The van der Waals surface area contributed by atoms with Crippen LogP contribution in [0.1, 0.15) is 50.2 Å². The van der Waals surface area contributed by atoms with E-state index in [-0.39, 0.29) is 0 Å². The topological polar surface area (TPSA) is 58.9 Å². The first-order chi connectivity index (χ1) is 16.2. The number of fused-ring (bicyclic) bond motifs is 3. The number of hydrogen-bond acceptors (Lipinski definition) is 5. The molecule has 0 saturated carbocycles. The van der Waals surface area contributed by atoms with Gasteiger partial charge in [-0.15, -0.1) is 10.2 Å². The standard InChI is InChI=1S/C27H34N6/c1-3-22-9-6-7-17-32(22)18-8-16-28-27-29-26-25(30-31-27)23-10-4-5-11-24(23)33(26)19-21-14-12-20(2)13-15-21/h4-5,10-15,22H,3,6-9,16-19H2,1-2H3,(H,28,29,31)/t22-/m1/s1. The Kier molecular flexibility index (Phi) is 6.53. The fourth-order valence-corrected chi connectivity index (χ4v) is 5.11. The SMILES string of the molecule is CC[C@@H]1CCCCN1CCCNc1nnc2c3ccccc3n(Cc3ccc(C)cc3)c2n1. The normalized spacial score (nSPS) is 17.1. The Bertz CT molecular complexity index is 1210. The summed E-state index contributed by atoms with van der Waals surface area (Å²) in [6.45, 7) is 8.42. The largest absolute Gasteiger partial charge is 0.353 e. The Labute approximate surface area is 196 Å². The van der Waals surface area contributed by atoms with Crippen LogP contribution in [0.25, 0.3) is 22.1 Å². The quantitative estimate of drug-likeness (QED) is 0.370. The molecule has 6 heteroatoms. The summed E-state index contributed by atoms with van der Waals surface area (Å²) in [7, 11) is 0. The lowest BCUT2D eigenvalue weighted by molar-refractivity contribution is 0.144. The first-order valence-electron chi connectivity index (χ1n) is 12.4. The van der Waals surface area contributed by atoms with Crippen LogP contribution in [0.15, 0.2) is 48.5 Å². The Morgan fingerprint density at radius 1 is 1.03 bits per heavy atom. The van der Waals surface area contributed by atoms with Crippen LogP contribution in [0.2, 0.25) is 0 Å². The molecule has 0 spiro atoms. The maximum atomic E-state index is 4.91. The number of aryl methyl sites for hydroxylation is 1. The van der Waals surface area contributed by atoms with Crippen LogP contribution in [0.5, 0.6) is 0 Å². The number of rotatable bonds is 8. The van der Waals surface area contributed by atoms with Crippen LogP contribution in [-0.2, 0) is 6.54 Å². The first kappa shape index (κ1) is 21.8. The molecule has 0 amide bonds. The minimum absolute atomic E-state index is 0.612. The molecule has 2 aromatic heterocycles. The third kappa shape index (κ3) is 4.71. The number of aromatic nitrogens is 4. The van der Waals surface area contributed by atoms with E-state index in [9.17, 15) is 0 Å². The van der Waals surface area contributed by atoms with Crippen molar-refractivity contribution < 1.29 is 0 Å². The molecule has 3 heterocycles. The van der Waals surface area contributed by atoms with Gasteiger partial charge in [-0.3, -0.25) is 0 Å². The molecule has 2 aromatic carbocycles. The average Bonchev–Trinajstić information content (AvgIpc) is 3.16. The van der Waals surface area contributed by atoms with Gasteiger partial charge in [0.25, 0.3) is 0 Å². The molecule has 0 radical (unpaired) electrons. The van der Waals surface area contributed by atoms with Crippen LogP contribution in [0.4, 0.5) is 5.95 Å². The maximum Gasteiger partial charge on any atom is 0.244 e. The minimum Gasteiger partial charge on any atom is -0.353 e.